The van der Waals surface area contributed by atoms with E-state index in [4.69, 9.17) is 10.5 Å². The van der Waals surface area contributed by atoms with Crippen molar-refractivity contribution in [2.75, 3.05) is 6.54 Å². The van der Waals surface area contributed by atoms with Crippen molar-refractivity contribution in [1.29, 1.82) is 0 Å². The lowest BCUT2D eigenvalue weighted by Gasteiger charge is -2.41. The Hall–Kier alpha value is -0.0800. The molecule has 0 bridgehead atoms. The van der Waals surface area contributed by atoms with E-state index in [-0.39, 0.29) is 5.60 Å². The summed E-state index contributed by atoms with van der Waals surface area (Å²) in [5.41, 5.74) is 6.05. The van der Waals surface area contributed by atoms with Crippen LogP contribution >= 0.6 is 0 Å². The molecule has 1 saturated carbocycles. The molecule has 1 aliphatic rings. The lowest BCUT2D eigenvalue weighted by Crippen LogP contribution is -2.46. The first-order valence-corrected chi connectivity index (χ1v) is 9.03. The van der Waals surface area contributed by atoms with Crippen LogP contribution in [0.1, 0.15) is 91.4 Å². The molecule has 0 heterocycles. The van der Waals surface area contributed by atoms with Crippen LogP contribution in [0, 0.1) is 5.92 Å². The zero-order chi connectivity index (χ0) is 14.8. The number of rotatable bonds is 10. The molecular formula is C18H37NO. The average molecular weight is 284 g/mol. The van der Waals surface area contributed by atoms with Gasteiger partial charge in [-0.3, -0.25) is 0 Å². The molecule has 0 aromatic carbocycles. The van der Waals surface area contributed by atoms with Crippen molar-refractivity contribution in [3.8, 4) is 0 Å². The summed E-state index contributed by atoms with van der Waals surface area (Å²) in [6.07, 6.45) is 14.5. The predicted octanol–water partition coefficient (Wildman–Crippen LogP) is 5.05. The van der Waals surface area contributed by atoms with Crippen LogP contribution in [0.15, 0.2) is 0 Å². The molecule has 0 radical (unpaired) electrons. The van der Waals surface area contributed by atoms with Crippen molar-refractivity contribution in [3.05, 3.63) is 0 Å². The van der Waals surface area contributed by atoms with Crippen LogP contribution in [0.25, 0.3) is 0 Å². The van der Waals surface area contributed by atoms with Gasteiger partial charge in [0.1, 0.15) is 0 Å². The first-order chi connectivity index (χ1) is 9.65. The second-order valence-corrected chi connectivity index (χ2v) is 6.90. The summed E-state index contributed by atoms with van der Waals surface area (Å²) in [7, 11) is 0. The number of hydrogen-bond donors (Lipinski definition) is 1. The first kappa shape index (κ1) is 18.0. The molecule has 1 atom stereocenters. The molecule has 1 fully saturated rings. The summed E-state index contributed by atoms with van der Waals surface area (Å²) >= 11 is 0. The van der Waals surface area contributed by atoms with Crippen molar-refractivity contribution in [3.63, 3.8) is 0 Å². The summed E-state index contributed by atoms with van der Waals surface area (Å²) in [5, 5.41) is 0. The molecule has 2 heteroatoms. The van der Waals surface area contributed by atoms with Gasteiger partial charge in [-0.25, -0.2) is 0 Å². The Labute approximate surface area is 126 Å². The van der Waals surface area contributed by atoms with E-state index in [1.807, 2.05) is 0 Å². The van der Waals surface area contributed by atoms with Gasteiger partial charge in [0.15, 0.2) is 0 Å². The minimum atomic E-state index is -0.00554. The van der Waals surface area contributed by atoms with Crippen LogP contribution in [0.5, 0.6) is 0 Å². The summed E-state index contributed by atoms with van der Waals surface area (Å²) in [6.45, 7) is 7.49. The Balaban J connectivity index is 2.31. The van der Waals surface area contributed by atoms with Crippen molar-refractivity contribution in [2.45, 2.75) is 103 Å². The molecule has 120 valence electrons. The maximum Gasteiger partial charge on any atom is 0.0807 e. The molecule has 2 N–H and O–H groups in total. The van der Waals surface area contributed by atoms with E-state index in [1.165, 1.54) is 70.6 Å². The van der Waals surface area contributed by atoms with Gasteiger partial charge < -0.3 is 10.5 Å². The predicted molar refractivity (Wildman–Crippen MR) is 88.0 cm³/mol. The number of ether oxygens (including phenoxy) is 1. The monoisotopic (exact) mass is 283 g/mol. The van der Waals surface area contributed by atoms with Gasteiger partial charge >= 0.3 is 0 Å². The Kier molecular flexibility index (Phi) is 8.79. The van der Waals surface area contributed by atoms with E-state index in [0.717, 1.165) is 5.92 Å². The van der Waals surface area contributed by atoms with Crippen molar-refractivity contribution in [2.24, 2.45) is 11.7 Å². The van der Waals surface area contributed by atoms with E-state index < -0.39 is 0 Å². The van der Waals surface area contributed by atoms with Gasteiger partial charge in [0.25, 0.3) is 0 Å². The highest BCUT2D eigenvalue weighted by molar-refractivity contribution is 4.89. The SMILES string of the molecule is CCCCCCC(C)OC1(CN)CCC(CCC)CC1. The zero-order valence-electron chi connectivity index (χ0n) is 14.1. The van der Waals surface area contributed by atoms with Crippen LogP contribution in [-0.2, 0) is 4.74 Å². The van der Waals surface area contributed by atoms with Gasteiger partial charge in [-0.15, -0.1) is 0 Å². The van der Waals surface area contributed by atoms with E-state index in [9.17, 15) is 0 Å². The summed E-state index contributed by atoms with van der Waals surface area (Å²) < 4.78 is 6.41. The second-order valence-electron chi connectivity index (χ2n) is 6.90. The molecular weight excluding hydrogens is 246 g/mol. The Morgan fingerprint density at radius 2 is 1.80 bits per heavy atom. The number of hydrogen-bond acceptors (Lipinski definition) is 2. The van der Waals surface area contributed by atoms with Crippen LogP contribution in [0.4, 0.5) is 0 Å². The van der Waals surface area contributed by atoms with Gasteiger partial charge in [0.05, 0.1) is 11.7 Å². The van der Waals surface area contributed by atoms with E-state index in [0.29, 0.717) is 12.6 Å². The third-order valence-corrected chi connectivity index (χ3v) is 5.00. The largest absolute Gasteiger partial charge is 0.371 e. The summed E-state index contributed by atoms with van der Waals surface area (Å²) in [5.74, 6) is 0.920. The van der Waals surface area contributed by atoms with Crippen LogP contribution in [0.2, 0.25) is 0 Å². The van der Waals surface area contributed by atoms with Crippen molar-refractivity contribution < 1.29 is 4.74 Å². The Morgan fingerprint density at radius 1 is 1.10 bits per heavy atom. The summed E-state index contributed by atoms with van der Waals surface area (Å²) in [6, 6.07) is 0. The van der Waals surface area contributed by atoms with Gasteiger partial charge in [-0.2, -0.15) is 0 Å². The van der Waals surface area contributed by atoms with Crippen LogP contribution < -0.4 is 5.73 Å². The van der Waals surface area contributed by atoms with E-state index in [1.54, 1.807) is 0 Å². The normalized spacial score (nSPS) is 28.5. The van der Waals surface area contributed by atoms with Gasteiger partial charge in [0.2, 0.25) is 0 Å². The molecule has 1 aliphatic carbocycles. The molecule has 0 spiro atoms. The van der Waals surface area contributed by atoms with Crippen molar-refractivity contribution >= 4 is 0 Å². The van der Waals surface area contributed by atoms with E-state index in [2.05, 4.69) is 20.8 Å². The third-order valence-electron chi connectivity index (χ3n) is 5.00. The lowest BCUT2D eigenvalue weighted by atomic mass is 9.77. The minimum absolute atomic E-state index is 0.00554. The fraction of sp³-hybridized carbons (Fsp3) is 1.00. The van der Waals surface area contributed by atoms with Crippen LogP contribution in [0.3, 0.4) is 0 Å². The Morgan fingerprint density at radius 3 is 2.35 bits per heavy atom. The highest BCUT2D eigenvalue weighted by Crippen LogP contribution is 2.37. The van der Waals surface area contributed by atoms with Gasteiger partial charge in [0, 0.05) is 6.54 Å². The van der Waals surface area contributed by atoms with Crippen LogP contribution in [-0.4, -0.2) is 18.2 Å². The van der Waals surface area contributed by atoms with E-state index >= 15 is 0 Å². The smallest absolute Gasteiger partial charge is 0.0807 e. The van der Waals surface area contributed by atoms with Gasteiger partial charge in [-0.05, 0) is 44.9 Å². The zero-order valence-corrected chi connectivity index (χ0v) is 14.1. The lowest BCUT2D eigenvalue weighted by molar-refractivity contribution is -0.110. The molecule has 0 aliphatic heterocycles. The molecule has 0 aromatic rings. The third kappa shape index (κ3) is 6.13. The fourth-order valence-corrected chi connectivity index (χ4v) is 3.61. The molecule has 1 rings (SSSR count). The van der Waals surface area contributed by atoms with Gasteiger partial charge in [-0.1, -0.05) is 52.4 Å². The second kappa shape index (κ2) is 9.78. The van der Waals surface area contributed by atoms with Crippen molar-refractivity contribution in [1.82, 2.24) is 0 Å². The first-order valence-electron chi connectivity index (χ1n) is 9.03. The fourth-order valence-electron chi connectivity index (χ4n) is 3.61. The summed E-state index contributed by atoms with van der Waals surface area (Å²) in [4.78, 5) is 0. The minimum Gasteiger partial charge on any atom is -0.371 e. The molecule has 0 amide bonds. The molecule has 1 unspecified atom stereocenters. The quantitative estimate of drug-likeness (QED) is 0.569. The average Bonchev–Trinajstić information content (AvgIpc) is 2.46. The number of unbranched alkanes of at least 4 members (excludes halogenated alkanes) is 3. The standard InChI is InChI=1S/C18H37NO/c1-4-6-7-8-10-16(3)20-18(15-19)13-11-17(9-5-2)12-14-18/h16-17H,4-15,19H2,1-3H3. The molecule has 2 nitrogen and oxygen atoms in total. The maximum atomic E-state index is 6.41. The number of nitrogens with two attached hydrogens (primary N) is 1. The molecule has 0 saturated heterocycles. The topological polar surface area (TPSA) is 35.2 Å². The molecule has 20 heavy (non-hydrogen) atoms. The Bertz CT molecular complexity index is 234. The maximum absolute atomic E-state index is 6.41. The highest BCUT2D eigenvalue weighted by atomic mass is 16.5. The highest BCUT2D eigenvalue weighted by Gasteiger charge is 2.35. The molecule has 0 aromatic heterocycles.